The average Bonchev–Trinajstić information content (AvgIpc) is 3.09. The summed E-state index contributed by atoms with van der Waals surface area (Å²) >= 11 is 0. The highest BCUT2D eigenvalue weighted by atomic mass is 19.4. The Hall–Kier alpha value is -1.80. The zero-order chi connectivity index (χ0) is 17.8. The number of hydrogen-bond acceptors (Lipinski definition) is 6. The Morgan fingerprint density at radius 2 is 2.00 bits per heavy atom. The van der Waals surface area contributed by atoms with Crippen molar-refractivity contribution in [3.05, 3.63) is 0 Å². The first-order valence-electron chi connectivity index (χ1n) is 7.82. The van der Waals surface area contributed by atoms with Crippen molar-refractivity contribution in [2.45, 2.75) is 51.2 Å². The molecular formula is C15H17F3O6. The summed E-state index contributed by atoms with van der Waals surface area (Å²) in [6.07, 6.45) is -7.87. The van der Waals surface area contributed by atoms with Crippen LogP contribution in [-0.2, 0) is 28.6 Å². The lowest BCUT2D eigenvalue weighted by molar-refractivity contribution is -0.220. The lowest BCUT2D eigenvalue weighted by Crippen LogP contribution is -2.45. The first-order valence-corrected chi connectivity index (χ1v) is 7.82. The van der Waals surface area contributed by atoms with E-state index in [1.54, 1.807) is 6.92 Å². The first-order chi connectivity index (χ1) is 11.1. The van der Waals surface area contributed by atoms with Crippen LogP contribution < -0.4 is 0 Å². The Labute approximate surface area is 135 Å². The van der Waals surface area contributed by atoms with Crippen LogP contribution in [-0.4, -0.2) is 42.4 Å². The molecule has 9 heteroatoms. The molecule has 3 rings (SSSR count). The number of carbonyl (C=O) groups excluding carboxylic acids is 3. The van der Waals surface area contributed by atoms with Crippen LogP contribution in [0.2, 0.25) is 0 Å². The molecule has 0 amide bonds. The minimum Gasteiger partial charge on any atom is -0.458 e. The van der Waals surface area contributed by atoms with E-state index in [2.05, 4.69) is 4.74 Å². The predicted octanol–water partition coefficient (Wildman–Crippen LogP) is 1.61. The molecule has 1 heterocycles. The Bertz CT molecular complexity index is 574. The van der Waals surface area contributed by atoms with Gasteiger partial charge in [-0.25, -0.2) is 0 Å². The lowest BCUT2D eigenvalue weighted by atomic mass is 9.78. The number of alkyl halides is 3. The minimum atomic E-state index is -4.68. The van der Waals surface area contributed by atoms with Crippen molar-refractivity contribution in [1.29, 1.82) is 0 Å². The van der Waals surface area contributed by atoms with Gasteiger partial charge in [0.25, 0.3) is 0 Å². The van der Waals surface area contributed by atoms with Crippen LogP contribution >= 0.6 is 0 Å². The fourth-order valence-corrected chi connectivity index (χ4v) is 4.02. The van der Waals surface area contributed by atoms with Gasteiger partial charge in [0.2, 0.25) is 0 Å². The molecule has 0 N–H and O–H groups in total. The van der Waals surface area contributed by atoms with Crippen LogP contribution in [0.4, 0.5) is 13.2 Å². The van der Waals surface area contributed by atoms with E-state index in [4.69, 9.17) is 9.47 Å². The van der Waals surface area contributed by atoms with Crippen molar-refractivity contribution < 1.29 is 41.8 Å². The molecule has 134 valence electrons. The number of fused-ring (bicyclic) bond motifs is 1. The van der Waals surface area contributed by atoms with Gasteiger partial charge in [-0.05, 0) is 13.3 Å². The number of halogens is 3. The molecule has 6 nitrogen and oxygen atoms in total. The summed E-state index contributed by atoms with van der Waals surface area (Å²) < 4.78 is 52.8. The summed E-state index contributed by atoms with van der Waals surface area (Å²) in [5.41, 5.74) is 0. The summed E-state index contributed by atoms with van der Waals surface area (Å²) in [5.74, 6) is -5.00. The average molecular weight is 350 g/mol. The second kappa shape index (κ2) is 5.63. The second-order valence-corrected chi connectivity index (χ2v) is 6.45. The summed E-state index contributed by atoms with van der Waals surface area (Å²) in [6, 6.07) is 0. The van der Waals surface area contributed by atoms with Gasteiger partial charge in [0.15, 0.2) is 6.10 Å². The predicted molar refractivity (Wildman–Crippen MR) is 70.2 cm³/mol. The van der Waals surface area contributed by atoms with Crippen LogP contribution in [0.3, 0.4) is 0 Å². The van der Waals surface area contributed by atoms with Gasteiger partial charge in [0, 0.05) is 18.3 Å². The summed E-state index contributed by atoms with van der Waals surface area (Å²) in [4.78, 5) is 35.8. The Kier molecular flexibility index (Phi) is 4.00. The fourth-order valence-electron chi connectivity index (χ4n) is 4.02. The van der Waals surface area contributed by atoms with Crippen LogP contribution in [0.1, 0.15) is 26.7 Å². The minimum absolute atomic E-state index is 0.109. The fraction of sp³-hybridized carbons (Fsp3) is 0.800. The van der Waals surface area contributed by atoms with Gasteiger partial charge in [0.05, 0.1) is 11.8 Å². The number of hydrogen-bond donors (Lipinski definition) is 0. The molecular weight excluding hydrogens is 333 g/mol. The van der Waals surface area contributed by atoms with Gasteiger partial charge in [-0.1, -0.05) is 6.92 Å². The molecule has 7 atom stereocenters. The third-order valence-electron chi connectivity index (χ3n) is 5.13. The van der Waals surface area contributed by atoms with Gasteiger partial charge in [-0.3, -0.25) is 14.4 Å². The summed E-state index contributed by atoms with van der Waals surface area (Å²) in [6.45, 7) is 2.32. The maximum atomic E-state index is 12.6. The standard InChI is InChI=1S/C15H17F3O6/c1-3-8(19)23-11-6-4-7-10(14(21)24-12(7)11)9(6)13(20)22-5(2)15(16,17)18/h5-7,9-12H,3-4H2,1-2H3. The maximum Gasteiger partial charge on any atom is 0.425 e. The highest BCUT2D eigenvalue weighted by molar-refractivity contribution is 5.86. The number of carbonyl (C=O) groups is 3. The Balaban J connectivity index is 1.79. The zero-order valence-corrected chi connectivity index (χ0v) is 13.0. The Morgan fingerprint density at radius 3 is 2.58 bits per heavy atom. The van der Waals surface area contributed by atoms with E-state index in [0.29, 0.717) is 6.42 Å². The van der Waals surface area contributed by atoms with E-state index in [1.807, 2.05) is 0 Å². The van der Waals surface area contributed by atoms with Crippen LogP contribution in [0.15, 0.2) is 0 Å². The van der Waals surface area contributed by atoms with Crippen LogP contribution in [0.25, 0.3) is 0 Å². The van der Waals surface area contributed by atoms with Gasteiger partial charge >= 0.3 is 24.1 Å². The third kappa shape index (κ3) is 2.53. The van der Waals surface area contributed by atoms with E-state index in [-0.39, 0.29) is 12.3 Å². The molecule has 0 aromatic heterocycles. The molecule has 2 saturated carbocycles. The number of ether oxygens (including phenoxy) is 3. The number of esters is 3. The first kappa shape index (κ1) is 17.0. The van der Waals surface area contributed by atoms with E-state index >= 15 is 0 Å². The van der Waals surface area contributed by atoms with Crippen molar-refractivity contribution in [2.75, 3.05) is 0 Å². The smallest absolute Gasteiger partial charge is 0.425 e. The van der Waals surface area contributed by atoms with Gasteiger partial charge in [0.1, 0.15) is 12.2 Å². The van der Waals surface area contributed by atoms with Gasteiger partial charge in [-0.2, -0.15) is 13.2 Å². The zero-order valence-electron chi connectivity index (χ0n) is 13.0. The van der Waals surface area contributed by atoms with Crippen molar-refractivity contribution in [3.63, 3.8) is 0 Å². The molecule has 1 aliphatic heterocycles. The normalized spacial score (nSPS) is 38.0. The third-order valence-corrected chi connectivity index (χ3v) is 5.13. The summed E-state index contributed by atoms with van der Waals surface area (Å²) in [5, 5.41) is 0. The summed E-state index contributed by atoms with van der Waals surface area (Å²) in [7, 11) is 0. The molecule has 2 aliphatic carbocycles. The lowest BCUT2D eigenvalue weighted by Gasteiger charge is -2.31. The maximum absolute atomic E-state index is 12.6. The molecule has 0 aromatic carbocycles. The largest absolute Gasteiger partial charge is 0.458 e. The quantitative estimate of drug-likeness (QED) is 0.566. The second-order valence-electron chi connectivity index (χ2n) is 6.45. The van der Waals surface area contributed by atoms with E-state index < -0.39 is 60.1 Å². The molecule has 7 unspecified atom stereocenters. The molecule has 3 aliphatic rings. The van der Waals surface area contributed by atoms with Gasteiger partial charge in [-0.15, -0.1) is 0 Å². The van der Waals surface area contributed by atoms with Crippen molar-refractivity contribution in [1.82, 2.24) is 0 Å². The topological polar surface area (TPSA) is 78.9 Å². The van der Waals surface area contributed by atoms with Crippen LogP contribution in [0, 0.1) is 23.7 Å². The highest BCUT2D eigenvalue weighted by Gasteiger charge is 2.70. The molecule has 0 spiro atoms. The van der Waals surface area contributed by atoms with E-state index in [0.717, 1.165) is 6.92 Å². The van der Waals surface area contributed by atoms with Crippen molar-refractivity contribution >= 4 is 17.9 Å². The molecule has 24 heavy (non-hydrogen) atoms. The van der Waals surface area contributed by atoms with E-state index in [9.17, 15) is 27.6 Å². The molecule has 3 fully saturated rings. The molecule has 0 aromatic rings. The molecule has 0 radical (unpaired) electrons. The van der Waals surface area contributed by atoms with Crippen molar-refractivity contribution in [2.24, 2.45) is 23.7 Å². The Morgan fingerprint density at radius 1 is 1.33 bits per heavy atom. The number of rotatable bonds is 4. The van der Waals surface area contributed by atoms with Gasteiger partial charge < -0.3 is 14.2 Å². The highest BCUT2D eigenvalue weighted by Crippen LogP contribution is 2.59. The van der Waals surface area contributed by atoms with E-state index in [1.165, 1.54) is 0 Å². The SMILES string of the molecule is CCC(=O)OC1C2CC3C1OC(=O)C3C2C(=O)OC(C)C(F)(F)F. The van der Waals surface area contributed by atoms with Crippen molar-refractivity contribution in [3.8, 4) is 0 Å². The van der Waals surface area contributed by atoms with Crippen LogP contribution in [0.5, 0.6) is 0 Å². The molecule has 2 bridgehead atoms. The molecule has 1 saturated heterocycles. The monoisotopic (exact) mass is 350 g/mol.